The van der Waals surface area contributed by atoms with Crippen LogP contribution in [0.1, 0.15) is 23.4 Å². The molecule has 0 spiro atoms. The molecule has 1 unspecified atom stereocenters. The van der Waals surface area contributed by atoms with Crippen molar-refractivity contribution in [1.29, 1.82) is 0 Å². The monoisotopic (exact) mass is 495 g/mol. The predicted octanol–water partition coefficient (Wildman–Crippen LogP) is 3.60. The van der Waals surface area contributed by atoms with E-state index in [2.05, 4.69) is 5.32 Å². The van der Waals surface area contributed by atoms with Crippen LogP contribution in [-0.4, -0.2) is 56.3 Å². The molecular formula is C19H21ClF3N3O3S2. The van der Waals surface area contributed by atoms with Gasteiger partial charge in [0.2, 0.25) is 15.9 Å². The number of carbonyl (C=O) groups excluding carboxylic acids is 1. The molecule has 3 rings (SSSR count). The fourth-order valence-electron chi connectivity index (χ4n) is 3.26. The Balaban J connectivity index is 1.59. The van der Waals surface area contributed by atoms with Crippen LogP contribution in [0.4, 0.5) is 13.2 Å². The lowest BCUT2D eigenvalue weighted by molar-refractivity contribution is -0.137. The summed E-state index contributed by atoms with van der Waals surface area (Å²) in [6.07, 6.45) is -4.76. The second-order valence-electron chi connectivity index (χ2n) is 7.12. The predicted molar refractivity (Wildman–Crippen MR) is 113 cm³/mol. The molecule has 1 aromatic carbocycles. The Morgan fingerprint density at radius 1 is 1.23 bits per heavy atom. The van der Waals surface area contributed by atoms with Crippen molar-refractivity contribution >= 4 is 38.9 Å². The zero-order chi connectivity index (χ0) is 22.8. The Bertz CT molecular complexity index is 1020. The molecule has 2 heterocycles. The van der Waals surface area contributed by atoms with Crippen LogP contribution in [0.25, 0.3) is 0 Å². The summed E-state index contributed by atoms with van der Waals surface area (Å²) in [6.45, 7) is 2.72. The van der Waals surface area contributed by atoms with Gasteiger partial charge < -0.3 is 5.32 Å². The number of thiophene rings is 1. The van der Waals surface area contributed by atoms with Gasteiger partial charge in [-0.2, -0.15) is 17.5 Å². The summed E-state index contributed by atoms with van der Waals surface area (Å²) >= 11 is 7.12. The molecule has 1 aliphatic heterocycles. The van der Waals surface area contributed by atoms with Gasteiger partial charge >= 0.3 is 6.18 Å². The quantitative estimate of drug-likeness (QED) is 0.664. The lowest BCUT2D eigenvalue weighted by atomic mass is 10.2. The maximum atomic E-state index is 13.1. The smallest absolute Gasteiger partial charge is 0.348 e. The van der Waals surface area contributed by atoms with Gasteiger partial charge in [0, 0.05) is 31.1 Å². The molecule has 1 atom stereocenters. The number of halogens is 4. The average Bonchev–Trinajstić information content (AvgIpc) is 3.22. The van der Waals surface area contributed by atoms with Crippen LogP contribution in [-0.2, 0) is 21.0 Å². The highest BCUT2D eigenvalue weighted by molar-refractivity contribution is 7.89. The van der Waals surface area contributed by atoms with Crippen LogP contribution >= 0.6 is 22.9 Å². The molecule has 1 amide bonds. The van der Waals surface area contributed by atoms with Crippen molar-refractivity contribution in [3.05, 3.63) is 51.2 Å². The van der Waals surface area contributed by atoms with Crippen molar-refractivity contribution in [1.82, 2.24) is 14.5 Å². The molecule has 0 radical (unpaired) electrons. The van der Waals surface area contributed by atoms with E-state index in [1.165, 1.54) is 0 Å². The van der Waals surface area contributed by atoms with Gasteiger partial charge in [0.25, 0.3) is 0 Å². The summed E-state index contributed by atoms with van der Waals surface area (Å²) in [5.41, 5.74) is -1.19. The molecule has 0 bridgehead atoms. The fourth-order valence-corrected chi connectivity index (χ4v) is 5.67. The summed E-state index contributed by atoms with van der Waals surface area (Å²) < 4.78 is 66.0. The normalized spacial score (nSPS) is 17.5. The first kappa shape index (κ1) is 24.0. The van der Waals surface area contributed by atoms with E-state index in [-0.39, 0.29) is 31.6 Å². The molecule has 0 aliphatic carbocycles. The summed E-state index contributed by atoms with van der Waals surface area (Å²) in [7, 11) is -4.11. The Morgan fingerprint density at radius 2 is 1.90 bits per heavy atom. The van der Waals surface area contributed by atoms with Gasteiger partial charge in [0.05, 0.1) is 28.1 Å². The molecule has 1 saturated heterocycles. The van der Waals surface area contributed by atoms with Crippen molar-refractivity contribution < 1.29 is 26.4 Å². The number of amides is 1. The van der Waals surface area contributed by atoms with Crippen LogP contribution < -0.4 is 5.32 Å². The third-order valence-electron chi connectivity index (χ3n) is 4.93. The molecule has 1 aromatic heterocycles. The zero-order valence-electron chi connectivity index (χ0n) is 16.5. The van der Waals surface area contributed by atoms with Gasteiger partial charge in [-0.05, 0) is 36.6 Å². The number of hydrogen-bond acceptors (Lipinski definition) is 5. The van der Waals surface area contributed by atoms with E-state index in [4.69, 9.17) is 11.6 Å². The molecule has 12 heteroatoms. The summed E-state index contributed by atoms with van der Waals surface area (Å²) in [6, 6.07) is 6.28. The molecule has 31 heavy (non-hydrogen) atoms. The Hall–Kier alpha value is -1.66. The summed E-state index contributed by atoms with van der Waals surface area (Å²) in [5, 5.41) is 4.27. The van der Waals surface area contributed by atoms with Gasteiger partial charge in [0.15, 0.2) is 0 Å². The van der Waals surface area contributed by atoms with Gasteiger partial charge in [0.1, 0.15) is 0 Å². The van der Waals surface area contributed by atoms with E-state index in [1.54, 1.807) is 11.3 Å². The first-order valence-electron chi connectivity index (χ1n) is 9.40. The van der Waals surface area contributed by atoms with E-state index in [0.717, 1.165) is 21.3 Å². The van der Waals surface area contributed by atoms with E-state index in [9.17, 15) is 26.4 Å². The highest BCUT2D eigenvalue weighted by atomic mass is 35.5. The van der Waals surface area contributed by atoms with Crippen LogP contribution in [0.3, 0.4) is 0 Å². The van der Waals surface area contributed by atoms with Gasteiger partial charge in [-0.1, -0.05) is 17.7 Å². The first-order chi connectivity index (χ1) is 14.5. The number of benzene rings is 1. The van der Waals surface area contributed by atoms with E-state index in [0.29, 0.717) is 19.2 Å². The van der Waals surface area contributed by atoms with Crippen LogP contribution in [0.15, 0.2) is 40.6 Å². The molecule has 0 saturated carbocycles. The second-order valence-corrected chi connectivity index (χ2v) is 10.4. The van der Waals surface area contributed by atoms with Gasteiger partial charge in [-0.3, -0.25) is 9.69 Å². The minimum Gasteiger partial charge on any atom is -0.348 e. The minimum absolute atomic E-state index is 0.0695. The van der Waals surface area contributed by atoms with Crippen molar-refractivity contribution in [2.24, 2.45) is 0 Å². The lowest BCUT2D eigenvalue weighted by Crippen LogP contribution is -2.51. The van der Waals surface area contributed by atoms with E-state index >= 15 is 0 Å². The van der Waals surface area contributed by atoms with Crippen molar-refractivity contribution in [2.75, 3.05) is 32.7 Å². The molecule has 1 aliphatic rings. The van der Waals surface area contributed by atoms with Crippen LogP contribution in [0.5, 0.6) is 0 Å². The van der Waals surface area contributed by atoms with E-state index in [1.807, 2.05) is 29.3 Å². The molecule has 1 fully saturated rings. The maximum Gasteiger partial charge on any atom is 0.417 e. The minimum atomic E-state index is -4.76. The molecular weight excluding hydrogens is 475 g/mol. The first-order valence-corrected chi connectivity index (χ1v) is 12.1. The van der Waals surface area contributed by atoms with Crippen molar-refractivity contribution in [3.8, 4) is 0 Å². The maximum absolute atomic E-state index is 13.1. The Labute approximate surface area is 187 Å². The summed E-state index contributed by atoms with van der Waals surface area (Å²) in [5.74, 6) is -0.176. The number of nitrogens with zero attached hydrogens (tertiary/aromatic N) is 2. The van der Waals surface area contributed by atoms with Gasteiger partial charge in [-0.25, -0.2) is 8.42 Å². The topological polar surface area (TPSA) is 69.7 Å². The number of rotatable bonds is 6. The zero-order valence-corrected chi connectivity index (χ0v) is 18.9. The number of hydrogen-bond donors (Lipinski definition) is 1. The van der Waals surface area contributed by atoms with Gasteiger partial charge in [-0.15, -0.1) is 11.3 Å². The van der Waals surface area contributed by atoms with Crippen LogP contribution in [0, 0.1) is 0 Å². The third kappa shape index (κ3) is 5.78. The molecule has 170 valence electrons. The third-order valence-corrected chi connectivity index (χ3v) is 8.21. The van der Waals surface area contributed by atoms with Crippen LogP contribution in [0.2, 0.25) is 5.02 Å². The largest absolute Gasteiger partial charge is 0.417 e. The number of nitrogens with one attached hydrogen (secondary N) is 1. The number of sulfonamides is 1. The number of piperazine rings is 1. The average molecular weight is 496 g/mol. The highest BCUT2D eigenvalue weighted by Crippen LogP contribution is 2.36. The molecule has 6 nitrogen and oxygen atoms in total. The fraction of sp³-hybridized carbons (Fsp3) is 0.421. The SMILES string of the molecule is CC(NC(=O)CN1CCN(S(=O)(=O)c2ccc(Cl)c(C(F)(F)F)c2)CC1)c1cccs1. The van der Waals surface area contributed by atoms with Crippen molar-refractivity contribution in [2.45, 2.75) is 24.0 Å². The summed E-state index contributed by atoms with van der Waals surface area (Å²) in [4.78, 5) is 14.7. The molecule has 1 N–H and O–H groups in total. The Kier molecular flexibility index (Phi) is 7.32. The van der Waals surface area contributed by atoms with Crippen molar-refractivity contribution in [3.63, 3.8) is 0 Å². The second kappa shape index (κ2) is 9.45. The van der Waals surface area contributed by atoms with E-state index < -0.39 is 31.7 Å². The standard InChI is InChI=1S/C19H21ClF3N3O3S2/c1-13(17-3-2-10-30-17)24-18(27)12-25-6-8-26(9-7-25)31(28,29)14-4-5-16(20)15(11-14)19(21,22)23/h2-5,10-11,13H,6-9,12H2,1H3,(H,24,27). The Morgan fingerprint density at radius 3 is 2.48 bits per heavy atom. The lowest BCUT2D eigenvalue weighted by Gasteiger charge is -2.33. The molecule has 2 aromatic rings. The number of alkyl halides is 3. The highest BCUT2D eigenvalue weighted by Gasteiger charge is 2.36. The number of carbonyl (C=O) groups is 1.